The first-order valence-corrected chi connectivity index (χ1v) is 9.60. The van der Waals surface area contributed by atoms with Gasteiger partial charge in [-0.3, -0.25) is 0 Å². The highest BCUT2D eigenvalue weighted by Crippen LogP contribution is 2.37. The zero-order valence-corrected chi connectivity index (χ0v) is 15.0. The van der Waals surface area contributed by atoms with Gasteiger partial charge in [0.15, 0.2) is 0 Å². The van der Waals surface area contributed by atoms with Crippen LogP contribution in [0, 0.1) is 26.6 Å². The van der Waals surface area contributed by atoms with Crippen LogP contribution in [0.4, 0.5) is 4.39 Å². The molecule has 0 aliphatic carbocycles. The molecule has 0 saturated carbocycles. The van der Waals surface area contributed by atoms with Crippen LogP contribution in [0.15, 0.2) is 41.3 Å². The molecular weight excluding hydrogens is 325 g/mol. The summed E-state index contributed by atoms with van der Waals surface area (Å²) in [6.07, 6.45) is 1.50. The van der Waals surface area contributed by atoms with Crippen LogP contribution in [0.3, 0.4) is 0 Å². The van der Waals surface area contributed by atoms with E-state index in [-0.39, 0.29) is 11.9 Å². The van der Waals surface area contributed by atoms with Gasteiger partial charge in [0, 0.05) is 6.54 Å². The molecule has 2 aromatic carbocycles. The van der Waals surface area contributed by atoms with E-state index in [2.05, 4.69) is 0 Å². The molecule has 1 fully saturated rings. The largest absolute Gasteiger partial charge is 0.243 e. The van der Waals surface area contributed by atoms with Gasteiger partial charge >= 0.3 is 0 Å². The number of sulfonamides is 1. The minimum Gasteiger partial charge on any atom is -0.207 e. The normalized spacial score (nSPS) is 18.9. The molecule has 3 nitrogen and oxygen atoms in total. The van der Waals surface area contributed by atoms with Crippen LogP contribution in [0.5, 0.6) is 0 Å². The van der Waals surface area contributed by atoms with Gasteiger partial charge in [-0.25, -0.2) is 12.8 Å². The van der Waals surface area contributed by atoms with Crippen molar-refractivity contribution in [2.24, 2.45) is 0 Å². The van der Waals surface area contributed by atoms with Gasteiger partial charge in [0.25, 0.3) is 0 Å². The van der Waals surface area contributed by atoms with E-state index < -0.39 is 10.0 Å². The standard InChI is InChI=1S/C19H22FNO2S/c1-13-10-15(3)19(11-14(13)2)24(22,23)21-9-5-8-18(21)16-6-4-7-17(20)12-16/h4,6-7,10-12,18H,5,8-9H2,1-3H3/t18-/m1/s1. The summed E-state index contributed by atoms with van der Waals surface area (Å²) in [6, 6.07) is 9.61. The topological polar surface area (TPSA) is 37.4 Å². The molecule has 1 heterocycles. The summed E-state index contributed by atoms with van der Waals surface area (Å²) < 4.78 is 41.5. The Balaban J connectivity index is 2.04. The third-order valence-electron chi connectivity index (χ3n) is 4.82. The van der Waals surface area contributed by atoms with Crippen molar-refractivity contribution in [1.82, 2.24) is 4.31 Å². The molecule has 128 valence electrons. The Kier molecular flexibility index (Phi) is 4.49. The summed E-state index contributed by atoms with van der Waals surface area (Å²) in [6.45, 7) is 6.19. The molecule has 24 heavy (non-hydrogen) atoms. The zero-order chi connectivity index (χ0) is 17.5. The number of nitrogens with zero attached hydrogens (tertiary/aromatic N) is 1. The van der Waals surface area contributed by atoms with Gasteiger partial charge in [0.05, 0.1) is 10.9 Å². The van der Waals surface area contributed by atoms with E-state index in [1.54, 1.807) is 18.2 Å². The Hall–Kier alpha value is -1.72. The Bertz CT molecular complexity index is 877. The van der Waals surface area contributed by atoms with Crippen LogP contribution < -0.4 is 0 Å². The first-order chi connectivity index (χ1) is 11.3. The molecular formula is C19H22FNO2S. The van der Waals surface area contributed by atoms with Crippen molar-refractivity contribution in [3.8, 4) is 0 Å². The molecule has 2 aromatic rings. The van der Waals surface area contributed by atoms with E-state index in [4.69, 9.17) is 0 Å². The molecule has 0 bridgehead atoms. The molecule has 0 amide bonds. The van der Waals surface area contributed by atoms with Gasteiger partial charge in [0.1, 0.15) is 5.82 Å². The first-order valence-electron chi connectivity index (χ1n) is 8.16. The van der Waals surface area contributed by atoms with Crippen LogP contribution in [-0.4, -0.2) is 19.3 Å². The van der Waals surface area contributed by atoms with Gasteiger partial charge in [0.2, 0.25) is 10.0 Å². The van der Waals surface area contributed by atoms with E-state index in [0.717, 1.165) is 28.7 Å². The molecule has 0 N–H and O–H groups in total. The van der Waals surface area contributed by atoms with Gasteiger partial charge in [-0.05, 0) is 74.1 Å². The second-order valence-corrected chi connectivity index (χ2v) is 8.39. The zero-order valence-electron chi connectivity index (χ0n) is 14.2. The smallest absolute Gasteiger partial charge is 0.207 e. The van der Waals surface area contributed by atoms with Crippen LogP contribution >= 0.6 is 0 Å². The third kappa shape index (κ3) is 2.98. The molecule has 1 saturated heterocycles. The van der Waals surface area contributed by atoms with Gasteiger partial charge in [-0.2, -0.15) is 4.31 Å². The number of benzene rings is 2. The number of aryl methyl sites for hydroxylation is 3. The lowest BCUT2D eigenvalue weighted by Gasteiger charge is -2.25. The Morgan fingerprint density at radius 1 is 1.04 bits per heavy atom. The van der Waals surface area contributed by atoms with Gasteiger partial charge < -0.3 is 0 Å². The van der Waals surface area contributed by atoms with E-state index in [0.29, 0.717) is 17.9 Å². The summed E-state index contributed by atoms with van der Waals surface area (Å²) in [7, 11) is -3.61. The van der Waals surface area contributed by atoms with Crippen molar-refractivity contribution in [3.63, 3.8) is 0 Å². The number of rotatable bonds is 3. The molecule has 0 radical (unpaired) electrons. The third-order valence-corrected chi connectivity index (χ3v) is 6.87. The van der Waals surface area contributed by atoms with Crippen molar-refractivity contribution in [2.75, 3.05) is 6.54 Å². The van der Waals surface area contributed by atoms with Crippen LogP contribution in [0.1, 0.15) is 41.1 Å². The van der Waals surface area contributed by atoms with Crippen molar-refractivity contribution in [3.05, 3.63) is 64.5 Å². The van der Waals surface area contributed by atoms with E-state index >= 15 is 0 Å². The summed E-state index contributed by atoms with van der Waals surface area (Å²) in [5.41, 5.74) is 3.51. The van der Waals surface area contributed by atoms with E-state index in [9.17, 15) is 12.8 Å². The maximum Gasteiger partial charge on any atom is 0.243 e. The predicted octanol–water partition coefficient (Wildman–Crippen LogP) is 4.28. The van der Waals surface area contributed by atoms with Crippen molar-refractivity contribution in [2.45, 2.75) is 44.6 Å². The van der Waals surface area contributed by atoms with Gasteiger partial charge in [-0.15, -0.1) is 0 Å². The highest BCUT2D eigenvalue weighted by Gasteiger charge is 2.37. The van der Waals surface area contributed by atoms with Crippen LogP contribution in [0.25, 0.3) is 0 Å². The first kappa shape index (κ1) is 17.1. The monoisotopic (exact) mass is 347 g/mol. The highest BCUT2D eigenvalue weighted by molar-refractivity contribution is 7.89. The highest BCUT2D eigenvalue weighted by atomic mass is 32.2. The number of hydrogen-bond acceptors (Lipinski definition) is 2. The van der Waals surface area contributed by atoms with E-state index in [1.807, 2.05) is 26.8 Å². The lowest BCUT2D eigenvalue weighted by atomic mass is 10.1. The van der Waals surface area contributed by atoms with Crippen LogP contribution in [0.2, 0.25) is 0 Å². The minimum atomic E-state index is -3.61. The summed E-state index contributed by atoms with van der Waals surface area (Å²) >= 11 is 0. The average molecular weight is 347 g/mol. The van der Waals surface area contributed by atoms with Gasteiger partial charge in [-0.1, -0.05) is 18.2 Å². The quantitative estimate of drug-likeness (QED) is 0.831. The number of hydrogen-bond donors (Lipinski definition) is 0. The molecule has 0 spiro atoms. The number of halogens is 1. The molecule has 1 aliphatic heterocycles. The van der Waals surface area contributed by atoms with Crippen molar-refractivity contribution in [1.29, 1.82) is 0 Å². The Morgan fingerprint density at radius 3 is 2.46 bits per heavy atom. The van der Waals surface area contributed by atoms with Crippen molar-refractivity contribution < 1.29 is 12.8 Å². The molecule has 0 aromatic heterocycles. The average Bonchev–Trinajstić information content (AvgIpc) is 3.01. The Morgan fingerprint density at radius 2 is 1.75 bits per heavy atom. The van der Waals surface area contributed by atoms with Crippen LogP contribution in [-0.2, 0) is 10.0 Å². The SMILES string of the molecule is Cc1cc(C)c(S(=O)(=O)N2CCC[C@@H]2c2cccc(F)c2)cc1C. The molecule has 1 atom stereocenters. The fourth-order valence-corrected chi connectivity index (χ4v) is 5.39. The molecule has 0 unspecified atom stereocenters. The summed E-state index contributed by atoms with van der Waals surface area (Å²) in [5, 5.41) is 0. The molecule has 3 rings (SSSR count). The lowest BCUT2D eigenvalue weighted by Crippen LogP contribution is -2.31. The fourth-order valence-electron chi connectivity index (χ4n) is 3.41. The molecule has 1 aliphatic rings. The fraction of sp³-hybridized carbons (Fsp3) is 0.368. The maximum absolute atomic E-state index is 13.6. The summed E-state index contributed by atoms with van der Waals surface area (Å²) in [4.78, 5) is 0.355. The second kappa shape index (κ2) is 6.30. The maximum atomic E-state index is 13.6. The van der Waals surface area contributed by atoms with E-state index in [1.165, 1.54) is 16.4 Å². The lowest BCUT2D eigenvalue weighted by molar-refractivity contribution is 0.395. The Labute approximate surface area is 143 Å². The second-order valence-electron chi connectivity index (χ2n) is 6.53. The molecule has 5 heteroatoms. The minimum absolute atomic E-state index is 0.299. The summed E-state index contributed by atoms with van der Waals surface area (Å²) in [5.74, 6) is -0.334. The predicted molar refractivity (Wildman–Crippen MR) is 92.9 cm³/mol. The van der Waals surface area contributed by atoms with Crippen molar-refractivity contribution >= 4 is 10.0 Å².